The Morgan fingerprint density at radius 1 is 1.16 bits per heavy atom. The number of carboxylic acid groups (broad SMARTS) is 1. The zero-order valence-corrected chi connectivity index (χ0v) is 18.4. The molecule has 0 saturated carbocycles. The fourth-order valence-electron chi connectivity index (χ4n) is 3.54. The van der Waals surface area contributed by atoms with E-state index in [1.54, 1.807) is 24.3 Å². The van der Waals surface area contributed by atoms with Gasteiger partial charge >= 0.3 is 6.16 Å². The fourth-order valence-corrected chi connectivity index (χ4v) is 5.58. The predicted octanol–water partition coefficient (Wildman–Crippen LogP) is 5.06. The number of nitrogens with one attached hydrogen (secondary N) is 1. The van der Waals surface area contributed by atoms with Gasteiger partial charge in [-0.3, -0.25) is 0 Å². The summed E-state index contributed by atoms with van der Waals surface area (Å²) in [7, 11) is -3.60. The molecular weight excluding hydrogens is 467 g/mol. The number of furan rings is 1. The molecule has 3 aromatic rings. The molecule has 164 valence electrons. The summed E-state index contributed by atoms with van der Waals surface area (Å²) in [5, 5.41) is 13.3. The molecule has 8 nitrogen and oxygen atoms in total. The first-order valence-corrected chi connectivity index (χ1v) is 11.6. The van der Waals surface area contributed by atoms with E-state index in [2.05, 4.69) is 10.1 Å². The molecule has 1 aliphatic rings. The summed E-state index contributed by atoms with van der Waals surface area (Å²) in [6, 6.07) is 11.1. The van der Waals surface area contributed by atoms with Crippen molar-refractivity contribution in [1.29, 1.82) is 0 Å². The van der Waals surface area contributed by atoms with Crippen LogP contribution < -0.4 is 10.1 Å². The van der Waals surface area contributed by atoms with Gasteiger partial charge in [0.25, 0.3) is 5.95 Å². The van der Waals surface area contributed by atoms with Crippen LogP contribution in [-0.4, -0.2) is 43.1 Å². The normalized spacial score (nSPS) is 15.8. The van der Waals surface area contributed by atoms with Crippen molar-refractivity contribution in [3.63, 3.8) is 0 Å². The first-order chi connectivity index (χ1) is 14.7. The summed E-state index contributed by atoms with van der Waals surface area (Å²) >= 11 is 12.4. The van der Waals surface area contributed by atoms with Crippen LogP contribution in [-0.2, 0) is 10.0 Å². The monoisotopic (exact) mass is 484 g/mol. The zero-order chi connectivity index (χ0) is 22.2. The van der Waals surface area contributed by atoms with Gasteiger partial charge in [-0.1, -0.05) is 29.3 Å². The van der Waals surface area contributed by atoms with E-state index in [0.717, 1.165) is 0 Å². The van der Waals surface area contributed by atoms with Crippen molar-refractivity contribution in [3.8, 4) is 5.95 Å². The van der Waals surface area contributed by atoms with Crippen LogP contribution in [0.4, 0.5) is 10.5 Å². The number of halogens is 2. The standard InChI is InChI=1S/C20H18Cl2N2O6S/c21-12-2-1-3-14(10-12)31(27,28)24-8-6-13(7-9-24)23-16-4-5-17-15(19(16)22)11-18(29-17)30-20(25)26/h1-5,10-11,13,23H,6-9H2,(H,25,26). The highest BCUT2D eigenvalue weighted by Gasteiger charge is 2.30. The van der Waals surface area contributed by atoms with Crippen LogP contribution in [0.5, 0.6) is 5.95 Å². The lowest BCUT2D eigenvalue weighted by Crippen LogP contribution is -2.42. The third-order valence-electron chi connectivity index (χ3n) is 5.05. The molecule has 2 N–H and O–H groups in total. The maximum absolute atomic E-state index is 12.8. The smallest absolute Gasteiger partial charge is 0.449 e. The Morgan fingerprint density at radius 3 is 2.58 bits per heavy atom. The molecule has 2 aromatic carbocycles. The fraction of sp³-hybridized carbons (Fsp3) is 0.250. The third kappa shape index (κ3) is 4.59. The highest BCUT2D eigenvalue weighted by atomic mass is 35.5. The number of rotatable bonds is 5. The van der Waals surface area contributed by atoms with E-state index in [0.29, 0.717) is 52.6 Å². The number of nitrogens with zero attached hydrogens (tertiary/aromatic N) is 1. The van der Waals surface area contributed by atoms with Gasteiger partial charge in [0.05, 0.1) is 15.6 Å². The van der Waals surface area contributed by atoms with E-state index in [1.807, 2.05) is 0 Å². The average molecular weight is 485 g/mol. The summed E-state index contributed by atoms with van der Waals surface area (Å²) in [5.74, 6) is -0.166. The van der Waals surface area contributed by atoms with Gasteiger partial charge in [-0.2, -0.15) is 4.31 Å². The predicted molar refractivity (Wildman–Crippen MR) is 117 cm³/mol. The number of hydrogen-bond donors (Lipinski definition) is 2. The number of piperidine rings is 1. The van der Waals surface area contributed by atoms with Gasteiger partial charge in [-0.25, -0.2) is 13.2 Å². The number of sulfonamides is 1. The van der Waals surface area contributed by atoms with Gasteiger partial charge in [0.2, 0.25) is 10.0 Å². The second kappa shape index (κ2) is 8.58. The number of carbonyl (C=O) groups is 1. The van der Waals surface area contributed by atoms with Gasteiger partial charge in [0.15, 0.2) is 0 Å². The largest absolute Gasteiger partial charge is 0.513 e. The molecule has 0 radical (unpaired) electrons. The topological polar surface area (TPSA) is 109 Å². The Balaban J connectivity index is 1.44. The minimum Gasteiger partial charge on any atom is -0.449 e. The Kier molecular flexibility index (Phi) is 6.02. The SMILES string of the molecule is O=C(O)Oc1cc2c(Cl)c(NC3CCN(S(=O)(=O)c4cccc(Cl)c4)CC3)ccc2o1. The highest BCUT2D eigenvalue weighted by Crippen LogP contribution is 2.36. The van der Waals surface area contributed by atoms with Crippen LogP contribution in [0.25, 0.3) is 11.0 Å². The zero-order valence-electron chi connectivity index (χ0n) is 16.0. The summed E-state index contributed by atoms with van der Waals surface area (Å²) in [5.41, 5.74) is 1.04. The molecule has 0 unspecified atom stereocenters. The number of benzene rings is 2. The second-order valence-electron chi connectivity index (χ2n) is 7.05. The first kappa shape index (κ1) is 21.8. The molecule has 1 saturated heterocycles. The molecule has 0 amide bonds. The maximum atomic E-state index is 12.8. The van der Waals surface area contributed by atoms with Gasteiger partial charge in [-0.05, 0) is 43.2 Å². The molecule has 1 aromatic heterocycles. The van der Waals surface area contributed by atoms with E-state index in [1.165, 1.54) is 22.5 Å². The number of anilines is 1. The van der Waals surface area contributed by atoms with Crippen molar-refractivity contribution in [2.75, 3.05) is 18.4 Å². The Morgan fingerprint density at radius 2 is 1.90 bits per heavy atom. The lowest BCUT2D eigenvalue weighted by Gasteiger charge is -2.32. The van der Waals surface area contributed by atoms with E-state index in [-0.39, 0.29) is 16.9 Å². The maximum Gasteiger partial charge on any atom is 0.513 e. The molecule has 31 heavy (non-hydrogen) atoms. The lowest BCUT2D eigenvalue weighted by atomic mass is 10.1. The lowest BCUT2D eigenvalue weighted by molar-refractivity contribution is 0.134. The third-order valence-corrected chi connectivity index (χ3v) is 7.58. The summed E-state index contributed by atoms with van der Waals surface area (Å²) in [6.45, 7) is 0.712. The first-order valence-electron chi connectivity index (χ1n) is 9.39. The van der Waals surface area contributed by atoms with Crippen LogP contribution in [0.2, 0.25) is 10.0 Å². The summed E-state index contributed by atoms with van der Waals surface area (Å²) in [4.78, 5) is 10.9. The molecule has 1 fully saturated rings. The van der Waals surface area contributed by atoms with E-state index < -0.39 is 16.2 Å². The van der Waals surface area contributed by atoms with Crippen LogP contribution >= 0.6 is 23.2 Å². The molecule has 11 heteroatoms. The summed E-state index contributed by atoms with van der Waals surface area (Å²) < 4.78 is 37.0. The Hall–Kier alpha value is -2.46. The summed E-state index contributed by atoms with van der Waals surface area (Å²) in [6.07, 6.45) is -0.298. The van der Waals surface area contributed by atoms with Gasteiger partial charge in [0.1, 0.15) is 5.58 Å². The Bertz CT molecular complexity index is 1240. The molecule has 2 heterocycles. The highest BCUT2D eigenvalue weighted by molar-refractivity contribution is 7.89. The van der Waals surface area contributed by atoms with Crippen molar-refractivity contribution in [2.45, 2.75) is 23.8 Å². The van der Waals surface area contributed by atoms with Crippen molar-refractivity contribution in [1.82, 2.24) is 4.31 Å². The van der Waals surface area contributed by atoms with Gasteiger partial charge < -0.3 is 19.6 Å². The van der Waals surface area contributed by atoms with Gasteiger partial charge in [-0.15, -0.1) is 0 Å². The van der Waals surface area contributed by atoms with Gasteiger partial charge in [0, 0.05) is 35.6 Å². The molecule has 0 aliphatic carbocycles. The number of fused-ring (bicyclic) bond motifs is 1. The van der Waals surface area contributed by atoms with Crippen molar-refractivity contribution >= 4 is 56.0 Å². The van der Waals surface area contributed by atoms with Crippen molar-refractivity contribution in [2.24, 2.45) is 0 Å². The number of ether oxygens (including phenoxy) is 1. The quantitative estimate of drug-likeness (QED) is 0.486. The van der Waals surface area contributed by atoms with Crippen LogP contribution in [0, 0.1) is 0 Å². The van der Waals surface area contributed by atoms with E-state index in [9.17, 15) is 13.2 Å². The molecule has 4 rings (SSSR count). The average Bonchev–Trinajstić information content (AvgIpc) is 3.13. The molecule has 0 bridgehead atoms. The van der Waals surface area contributed by atoms with Crippen molar-refractivity contribution in [3.05, 3.63) is 52.5 Å². The molecule has 0 spiro atoms. The Labute approximate surface area is 188 Å². The van der Waals surface area contributed by atoms with Crippen LogP contribution in [0.3, 0.4) is 0 Å². The van der Waals surface area contributed by atoms with E-state index >= 15 is 0 Å². The van der Waals surface area contributed by atoms with E-state index in [4.69, 9.17) is 32.7 Å². The number of hydrogen-bond acceptors (Lipinski definition) is 6. The minimum absolute atomic E-state index is 0.0161. The van der Waals surface area contributed by atoms with Crippen molar-refractivity contribution < 1.29 is 27.5 Å². The van der Waals surface area contributed by atoms with Crippen LogP contribution in [0.1, 0.15) is 12.8 Å². The minimum atomic E-state index is -3.60. The van der Waals surface area contributed by atoms with Crippen LogP contribution in [0.15, 0.2) is 51.8 Å². The molecule has 0 atom stereocenters. The molecule has 1 aliphatic heterocycles. The second-order valence-corrected chi connectivity index (χ2v) is 9.80. The molecular formula is C20H18Cl2N2O6S.